The first-order chi connectivity index (χ1) is 9.36. The third-order valence-corrected chi connectivity index (χ3v) is 3.42. The van der Waals surface area contributed by atoms with Gasteiger partial charge in [-0.25, -0.2) is 0 Å². The topological polar surface area (TPSA) is 43.4 Å². The van der Waals surface area contributed by atoms with Crippen LogP contribution in [0.3, 0.4) is 0 Å². The van der Waals surface area contributed by atoms with Crippen molar-refractivity contribution in [3.05, 3.63) is 36.0 Å². The number of methoxy groups -OCH3 is 1. The summed E-state index contributed by atoms with van der Waals surface area (Å²) in [5.41, 5.74) is 1.99. The van der Waals surface area contributed by atoms with Crippen LogP contribution in [-0.2, 0) is 4.74 Å². The molecule has 0 spiro atoms. The van der Waals surface area contributed by atoms with Crippen molar-refractivity contribution in [1.29, 1.82) is 0 Å². The van der Waals surface area contributed by atoms with Gasteiger partial charge in [-0.2, -0.15) is 0 Å². The molecule has 1 aromatic carbocycles. The van der Waals surface area contributed by atoms with Gasteiger partial charge in [0.25, 0.3) is 0 Å². The molecule has 1 aliphatic rings. The van der Waals surface area contributed by atoms with Crippen LogP contribution in [-0.4, -0.2) is 31.9 Å². The molecule has 2 heterocycles. The van der Waals surface area contributed by atoms with Gasteiger partial charge in [0.05, 0.1) is 31.0 Å². The monoisotopic (exact) mass is 258 g/mol. The molecule has 1 atom stereocenters. The molecule has 1 fully saturated rings. The quantitative estimate of drug-likeness (QED) is 0.897. The summed E-state index contributed by atoms with van der Waals surface area (Å²) in [4.78, 5) is 4.73. The minimum atomic E-state index is 0.179. The van der Waals surface area contributed by atoms with Crippen molar-refractivity contribution in [2.45, 2.75) is 12.5 Å². The van der Waals surface area contributed by atoms with Crippen molar-refractivity contribution < 1.29 is 9.47 Å². The van der Waals surface area contributed by atoms with Crippen LogP contribution in [0.5, 0.6) is 5.75 Å². The second-order valence-corrected chi connectivity index (χ2v) is 4.73. The van der Waals surface area contributed by atoms with E-state index in [-0.39, 0.29) is 6.04 Å². The summed E-state index contributed by atoms with van der Waals surface area (Å²) in [6.45, 7) is 2.48. The first-order valence-corrected chi connectivity index (χ1v) is 6.62. The molecule has 1 aromatic heterocycles. The molecule has 3 rings (SSSR count). The zero-order valence-corrected chi connectivity index (χ0v) is 11.1. The largest absolute Gasteiger partial charge is 0.497 e. The molecule has 0 aliphatic carbocycles. The Bertz CT molecular complexity index is 563. The smallest absolute Gasteiger partial charge is 0.121 e. The minimum absolute atomic E-state index is 0.179. The van der Waals surface area contributed by atoms with Crippen LogP contribution >= 0.6 is 0 Å². The van der Waals surface area contributed by atoms with Gasteiger partial charge in [0, 0.05) is 18.1 Å². The van der Waals surface area contributed by atoms with Crippen LogP contribution in [0.2, 0.25) is 0 Å². The molecule has 4 nitrogen and oxygen atoms in total. The highest BCUT2D eigenvalue weighted by atomic mass is 16.5. The molecule has 1 saturated heterocycles. The number of pyridine rings is 1. The van der Waals surface area contributed by atoms with Crippen LogP contribution < -0.4 is 10.1 Å². The highest BCUT2D eigenvalue weighted by molar-refractivity contribution is 5.80. The summed E-state index contributed by atoms with van der Waals surface area (Å²) in [6, 6.07) is 10.3. The van der Waals surface area contributed by atoms with Crippen molar-refractivity contribution in [2.24, 2.45) is 0 Å². The van der Waals surface area contributed by atoms with Gasteiger partial charge < -0.3 is 14.8 Å². The fourth-order valence-corrected chi connectivity index (χ4v) is 2.33. The predicted octanol–water partition coefficient (Wildman–Crippen LogP) is 2.29. The Morgan fingerprint density at radius 3 is 3.11 bits per heavy atom. The maximum atomic E-state index is 5.59. The van der Waals surface area contributed by atoms with Gasteiger partial charge in [0.1, 0.15) is 5.75 Å². The molecule has 4 heteroatoms. The summed E-state index contributed by atoms with van der Waals surface area (Å²) in [6.07, 6.45) is 1.05. The lowest BCUT2D eigenvalue weighted by molar-refractivity contribution is 0.131. The molecular weight excluding hydrogens is 240 g/mol. The van der Waals surface area contributed by atoms with E-state index in [9.17, 15) is 0 Å². The third kappa shape index (κ3) is 2.69. The molecule has 2 aromatic rings. The maximum Gasteiger partial charge on any atom is 0.121 e. The summed E-state index contributed by atoms with van der Waals surface area (Å²) in [5, 5.41) is 4.60. The average Bonchev–Trinajstić information content (AvgIpc) is 2.75. The Morgan fingerprint density at radius 2 is 2.21 bits per heavy atom. The predicted molar refractivity (Wildman–Crippen MR) is 74.5 cm³/mol. The highest BCUT2D eigenvalue weighted by Gasteiger charge is 2.15. The molecular formula is C15H18N2O2. The molecule has 0 amide bonds. The molecule has 100 valence electrons. The van der Waals surface area contributed by atoms with Crippen LogP contribution in [0.15, 0.2) is 30.3 Å². The normalized spacial score (nSPS) is 20.2. The summed E-state index contributed by atoms with van der Waals surface area (Å²) >= 11 is 0. The number of hydrogen-bond donors (Lipinski definition) is 1. The number of fused-ring (bicyclic) bond motifs is 1. The fraction of sp³-hybridized carbons (Fsp3) is 0.400. The lowest BCUT2D eigenvalue weighted by atomic mass is 10.1. The lowest BCUT2D eigenvalue weighted by Gasteiger charge is -2.15. The molecule has 0 bridgehead atoms. The van der Waals surface area contributed by atoms with E-state index in [2.05, 4.69) is 17.4 Å². The van der Waals surface area contributed by atoms with Crippen molar-refractivity contribution in [1.82, 2.24) is 10.3 Å². The number of ether oxygens (including phenoxy) is 2. The standard InChI is InChI=1S/C15H18N2O2/c1-18-12-5-3-11-4-6-13(17-14(11)9-12)15-10-19-8-2-7-16-15/h3-6,9,15-16H,2,7-8,10H2,1H3. The molecule has 1 unspecified atom stereocenters. The number of hydrogen-bond acceptors (Lipinski definition) is 4. The molecule has 19 heavy (non-hydrogen) atoms. The van der Waals surface area contributed by atoms with E-state index in [1.807, 2.05) is 18.2 Å². The molecule has 0 radical (unpaired) electrons. The van der Waals surface area contributed by atoms with Crippen LogP contribution in [0, 0.1) is 0 Å². The lowest BCUT2D eigenvalue weighted by Crippen LogP contribution is -2.24. The number of rotatable bonds is 2. The van der Waals surface area contributed by atoms with E-state index in [1.54, 1.807) is 7.11 Å². The summed E-state index contributed by atoms with van der Waals surface area (Å²) < 4.78 is 10.8. The number of nitrogens with zero attached hydrogens (tertiary/aromatic N) is 1. The number of aromatic nitrogens is 1. The van der Waals surface area contributed by atoms with Gasteiger partial charge in [-0.15, -0.1) is 0 Å². The molecule has 0 saturated carbocycles. The Labute approximate surface area is 112 Å². The van der Waals surface area contributed by atoms with E-state index in [0.717, 1.165) is 41.9 Å². The van der Waals surface area contributed by atoms with Crippen molar-refractivity contribution >= 4 is 10.9 Å². The highest BCUT2D eigenvalue weighted by Crippen LogP contribution is 2.22. The van der Waals surface area contributed by atoms with Gasteiger partial charge in [-0.3, -0.25) is 4.98 Å². The fourth-order valence-electron chi connectivity index (χ4n) is 2.33. The second kappa shape index (κ2) is 5.55. The van der Waals surface area contributed by atoms with Crippen molar-refractivity contribution in [2.75, 3.05) is 26.9 Å². The third-order valence-electron chi connectivity index (χ3n) is 3.42. The summed E-state index contributed by atoms with van der Waals surface area (Å²) in [5.74, 6) is 0.835. The van der Waals surface area contributed by atoms with Crippen LogP contribution in [0.1, 0.15) is 18.2 Å². The van der Waals surface area contributed by atoms with Gasteiger partial charge in [-0.1, -0.05) is 6.07 Å². The van der Waals surface area contributed by atoms with E-state index in [1.165, 1.54) is 0 Å². The maximum absolute atomic E-state index is 5.59. The zero-order valence-electron chi connectivity index (χ0n) is 11.1. The van der Waals surface area contributed by atoms with E-state index < -0.39 is 0 Å². The first-order valence-electron chi connectivity index (χ1n) is 6.62. The van der Waals surface area contributed by atoms with Crippen LogP contribution in [0.4, 0.5) is 0 Å². The average molecular weight is 258 g/mol. The van der Waals surface area contributed by atoms with Crippen LogP contribution in [0.25, 0.3) is 10.9 Å². The van der Waals surface area contributed by atoms with Crippen molar-refractivity contribution in [3.63, 3.8) is 0 Å². The van der Waals surface area contributed by atoms with E-state index in [4.69, 9.17) is 14.5 Å². The van der Waals surface area contributed by atoms with E-state index >= 15 is 0 Å². The zero-order chi connectivity index (χ0) is 13.1. The number of benzene rings is 1. The Hall–Kier alpha value is -1.65. The second-order valence-electron chi connectivity index (χ2n) is 4.73. The molecule has 1 N–H and O–H groups in total. The Morgan fingerprint density at radius 1 is 1.32 bits per heavy atom. The van der Waals surface area contributed by atoms with Gasteiger partial charge in [0.15, 0.2) is 0 Å². The van der Waals surface area contributed by atoms with Gasteiger partial charge in [-0.05, 0) is 31.2 Å². The SMILES string of the molecule is COc1ccc2ccc(C3COCCCN3)nc2c1. The Kier molecular flexibility index (Phi) is 3.62. The number of nitrogens with one attached hydrogen (secondary N) is 1. The molecule has 1 aliphatic heterocycles. The van der Waals surface area contributed by atoms with Gasteiger partial charge >= 0.3 is 0 Å². The Balaban J connectivity index is 1.94. The van der Waals surface area contributed by atoms with Gasteiger partial charge in [0.2, 0.25) is 0 Å². The van der Waals surface area contributed by atoms with Crippen molar-refractivity contribution in [3.8, 4) is 5.75 Å². The van der Waals surface area contributed by atoms with E-state index in [0.29, 0.717) is 6.61 Å². The first kappa shape index (κ1) is 12.4. The summed E-state index contributed by atoms with van der Waals surface area (Å²) in [7, 11) is 1.67. The minimum Gasteiger partial charge on any atom is -0.497 e.